The van der Waals surface area contributed by atoms with Crippen LogP contribution in [0.5, 0.6) is 0 Å². The van der Waals surface area contributed by atoms with E-state index in [0.29, 0.717) is 6.04 Å². The number of hydrogen-bond acceptors (Lipinski definition) is 2. The first-order valence-corrected chi connectivity index (χ1v) is 3.54. The van der Waals surface area contributed by atoms with E-state index in [2.05, 4.69) is 25.0 Å². The summed E-state index contributed by atoms with van der Waals surface area (Å²) >= 11 is 0. The second-order valence-corrected chi connectivity index (χ2v) is 2.78. The SMILES string of the molecule is C[C-]1C=CN(C(C)C)N=C1.[Eu]. The molecule has 0 amide bonds. The molecule has 0 saturated carbocycles. The van der Waals surface area contributed by atoms with Gasteiger partial charge in [-0.1, -0.05) is 0 Å². The molecule has 1 radical (unpaired) electrons. The molecule has 0 fully saturated rings. The quantitative estimate of drug-likeness (QED) is 0.672. The molecule has 0 bridgehead atoms. The van der Waals surface area contributed by atoms with Crippen LogP contribution < -0.4 is 0 Å². The molecule has 2 nitrogen and oxygen atoms in total. The van der Waals surface area contributed by atoms with Crippen LogP contribution in [0.4, 0.5) is 0 Å². The van der Waals surface area contributed by atoms with Gasteiger partial charge in [0.25, 0.3) is 0 Å². The fourth-order valence-corrected chi connectivity index (χ4v) is 0.739. The van der Waals surface area contributed by atoms with Gasteiger partial charge in [0.1, 0.15) is 0 Å². The van der Waals surface area contributed by atoms with Gasteiger partial charge < -0.3 is 5.01 Å². The van der Waals surface area contributed by atoms with Crippen molar-refractivity contribution in [2.45, 2.75) is 26.8 Å². The van der Waals surface area contributed by atoms with Crippen LogP contribution in [0.25, 0.3) is 0 Å². The maximum Gasteiger partial charge on any atom is 0.0271 e. The van der Waals surface area contributed by atoms with Gasteiger partial charge in [-0.3, -0.25) is 0 Å². The minimum Gasteiger partial charge on any atom is -0.349 e. The summed E-state index contributed by atoms with van der Waals surface area (Å²) in [6.45, 7) is 6.27. The van der Waals surface area contributed by atoms with Crippen molar-refractivity contribution in [1.29, 1.82) is 0 Å². The van der Waals surface area contributed by atoms with E-state index in [1.165, 1.54) is 5.92 Å². The Hall–Kier alpha value is 0.664. The third-order valence-electron chi connectivity index (χ3n) is 1.41. The minimum atomic E-state index is 0. The zero-order chi connectivity index (χ0) is 7.56. The molecular weight excluding hydrogens is 276 g/mol. The molecule has 1 heterocycles. The van der Waals surface area contributed by atoms with Crippen molar-refractivity contribution < 1.29 is 49.4 Å². The van der Waals surface area contributed by atoms with Crippen molar-refractivity contribution in [3.63, 3.8) is 0 Å². The van der Waals surface area contributed by atoms with Gasteiger partial charge in [-0.25, -0.2) is 11.2 Å². The summed E-state index contributed by atoms with van der Waals surface area (Å²) in [4.78, 5) is 0. The molecule has 0 unspecified atom stereocenters. The predicted octanol–water partition coefficient (Wildman–Crippen LogP) is 1.80. The Balaban J connectivity index is 0.000001000. The van der Waals surface area contributed by atoms with Gasteiger partial charge in [-0.05, 0) is 20.1 Å². The maximum atomic E-state index is 4.19. The second kappa shape index (κ2) is 5.33. The Kier molecular flexibility index (Phi) is 5.66. The molecule has 11 heavy (non-hydrogen) atoms. The standard InChI is InChI=1S/C8H13N2.Eu/c1-7(2)10-5-4-8(3)6-9-10;/h4-7H,1-3H3;/q-1;. The first-order valence-electron chi connectivity index (χ1n) is 3.54. The number of hydrogen-bond donors (Lipinski definition) is 0. The monoisotopic (exact) mass is 290 g/mol. The summed E-state index contributed by atoms with van der Waals surface area (Å²) in [6.07, 6.45) is 5.94. The van der Waals surface area contributed by atoms with Crippen molar-refractivity contribution in [3.8, 4) is 0 Å². The van der Waals surface area contributed by atoms with Crippen LogP contribution in [0, 0.1) is 55.3 Å². The number of allylic oxidation sites excluding steroid dienone is 1. The van der Waals surface area contributed by atoms with E-state index >= 15 is 0 Å². The van der Waals surface area contributed by atoms with Crippen LogP contribution in [0.15, 0.2) is 17.4 Å². The van der Waals surface area contributed by atoms with Crippen LogP contribution in [-0.2, 0) is 0 Å². The summed E-state index contributed by atoms with van der Waals surface area (Å²) in [5.74, 6) is 1.21. The first-order chi connectivity index (χ1) is 4.70. The fourth-order valence-electron chi connectivity index (χ4n) is 0.739. The van der Waals surface area contributed by atoms with E-state index in [4.69, 9.17) is 0 Å². The predicted molar refractivity (Wildman–Crippen MR) is 43.5 cm³/mol. The smallest absolute Gasteiger partial charge is 0.0271 e. The Morgan fingerprint density at radius 2 is 2.09 bits per heavy atom. The van der Waals surface area contributed by atoms with Gasteiger partial charge in [-0.15, -0.1) is 13.1 Å². The Morgan fingerprint density at radius 1 is 1.45 bits per heavy atom. The summed E-state index contributed by atoms with van der Waals surface area (Å²) in [7, 11) is 0. The first kappa shape index (κ1) is 11.7. The van der Waals surface area contributed by atoms with Gasteiger partial charge in [0.05, 0.1) is 0 Å². The zero-order valence-electron chi connectivity index (χ0n) is 7.08. The minimum absolute atomic E-state index is 0. The van der Waals surface area contributed by atoms with E-state index in [1.807, 2.05) is 24.3 Å². The van der Waals surface area contributed by atoms with Crippen molar-refractivity contribution in [3.05, 3.63) is 18.2 Å². The van der Waals surface area contributed by atoms with Crippen LogP contribution in [0.3, 0.4) is 0 Å². The Labute approximate surface area is 109 Å². The fraction of sp³-hybridized carbons (Fsp3) is 0.500. The molecular formula is C8H13EuN2-. The molecule has 1 aliphatic heterocycles. The molecule has 0 atom stereocenters. The van der Waals surface area contributed by atoms with Crippen LogP contribution >= 0.6 is 0 Å². The molecule has 1 aliphatic rings. The molecule has 0 aromatic heterocycles. The topological polar surface area (TPSA) is 15.6 Å². The maximum absolute atomic E-state index is 4.19. The van der Waals surface area contributed by atoms with Gasteiger partial charge in [0.2, 0.25) is 0 Å². The summed E-state index contributed by atoms with van der Waals surface area (Å²) in [6, 6.07) is 0.459. The van der Waals surface area contributed by atoms with E-state index < -0.39 is 0 Å². The molecule has 0 aromatic rings. The zero-order valence-corrected chi connectivity index (χ0v) is 9.51. The van der Waals surface area contributed by atoms with Crippen LogP contribution in [-0.4, -0.2) is 17.3 Å². The number of rotatable bonds is 1. The van der Waals surface area contributed by atoms with Crippen LogP contribution in [0.1, 0.15) is 20.8 Å². The normalized spacial score (nSPS) is 15.6. The number of hydrazone groups is 1. The van der Waals surface area contributed by atoms with Gasteiger partial charge in [0, 0.05) is 55.4 Å². The van der Waals surface area contributed by atoms with Crippen molar-refractivity contribution in [1.82, 2.24) is 5.01 Å². The second-order valence-electron chi connectivity index (χ2n) is 2.78. The summed E-state index contributed by atoms with van der Waals surface area (Å²) < 4.78 is 0. The molecule has 0 aliphatic carbocycles. The summed E-state index contributed by atoms with van der Waals surface area (Å²) in [5.41, 5.74) is 0. The van der Waals surface area contributed by atoms with Gasteiger partial charge >= 0.3 is 0 Å². The van der Waals surface area contributed by atoms with E-state index in [9.17, 15) is 0 Å². The average Bonchev–Trinajstić information content (AvgIpc) is 1.88. The van der Waals surface area contributed by atoms with E-state index in [-0.39, 0.29) is 49.4 Å². The number of nitrogens with zero attached hydrogens (tertiary/aromatic N) is 2. The van der Waals surface area contributed by atoms with Crippen molar-refractivity contribution >= 4 is 6.21 Å². The molecule has 3 heteroatoms. The molecule has 1 rings (SSSR count). The van der Waals surface area contributed by atoms with E-state index in [1.54, 1.807) is 0 Å². The summed E-state index contributed by atoms with van der Waals surface area (Å²) in [5, 5.41) is 6.13. The van der Waals surface area contributed by atoms with Gasteiger partial charge in [0.15, 0.2) is 0 Å². The third kappa shape index (κ3) is 3.72. The molecule has 0 N–H and O–H groups in total. The Bertz CT molecular complexity index is 149. The molecule has 63 valence electrons. The molecule has 0 aromatic carbocycles. The average molecular weight is 289 g/mol. The van der Waals surface area contributed by atoms with Crippen molar-refractivity contribution in [2.24, 2.45) is 5.10 Å². The van der Waals surface area contributed by atoms with Crippen molar-refractivity contribution in [2.75, 3.05) is 0 Å². The molecule has 0 spiro atoms. The molecule has 0 saturated heterocycles. The third-order valence-corrected chi connectivity index (χ3v) is 1.41. The van der Waals surface area contributed by atoms with E-state index in [0.717, 1.165) is 0 Å². The van der Waals surface area contributed by atoms with Gasteiger partial charge in [-0.2, -0.15) is 5.92 Å². The van der Waals surface area contributed by atoms with Crippen LogP contribution in [0.2, 0.25) is 0 Å². The largest absolute Gasteiger partial charge is 0.349 e. The Morgan fingerprint density at radius 3 is 2.45 bits per heavy atom.